The number of carboxylic acids is 2. The molecule has 1 rings (SSSR count). The van der Waals surface area contributed by atoms with E-state index in [2.05, 4.69) is 47.9 Å². The van der Waals surface area contributed by atoms with Crippen LogP contribution in [0.4, 0.5) is 0 Å². The minimum atomic E-state index is -1.88. The van der Waals surface area contributed by atoms with Crippen LogP contribution in [-0.4, -0.2) is 152 Å². The second-order valence-electron chi connectivity index (χ2n) is 18.0. The van der Waals surface area contributed by atoms with Crippen molar-refractivity contribution >= 4 is 71.0 Å². The maximum Gasteiger partial charge on any atom is 0.326 e. The monoisotopic (exact) mass is 1020 g/mol. The van der Waals surface area contributed by atoms with E-state index in [9.17, 15) is 78.0 Å². The molecule has 10 amide bonds. The Hall–Kier alpha value is -7.38. The molecular formula is C46H72N10O16. The number of hydrogen-bond acceptors (Lipinski definition) is 14. The van der Waals surface area contributed by atoms with Gasteiger partial charge in [-0.15, -0.1) is 0 Å². The molecule has 0 unspecified atom stereocenters. The molecule has 0 aliphatic rings. The van der Waals surface area contributed by atoms with Gasteiger partial charge in [0.25, 0.3) is 0 Å². The highest BCUT2D eigenvalue weighted by atomic mass is 16.4. The quantitative estimate of drug-likeness (QED) is 0.0351. The molecule has 402 valence electrons. The third-order valence-corrected chi connectivity index (χ3v) is 11.3. The number of nitrogens with one attached hydrogen (secondary N) is 9. The van der Waals surface area contributed by atoms with Crippen molar-refractivity contribution in [3.63, 3.8) is 0 Å². The summed E-state index contributed by atoms with van der Waals surface area (Å²) >= 11 is 0. The zero-order valence-corrected chi connectivity index (χ0v) is 42.0. The first kappa shape index (κ1) is 62.6. The molecule has 0 spiro atoms. The molecule has 0 saturated heterocycles. The van der Waals surface area contributed by atoms with Crippen molar-refractivity contribution in [2.45, 2.75) is 155 Å². The van der Waals surface area contributed by atoms with E-state index in [1.54, 1.807) is 53.7 Å². The van der Waals surface area contributed by atoms with Crippen molar-refractivity contribution in [3.8, 4) is 5.75 Å². The summed E-state index contributed by atoms with van der Waals surface area (Å²) in [5.41, 5.74) is 5.96. The number of phenolic OH excluding ortho intramolecular Hbond substituents is 1. The summed E-state index contributed by atoms with van der Waals surface area (Å²) in [6, 6.07) is -6.23. The Morgan fingerprint density at radius 2 is 1.01 bits per heavy atom. The average molecular weight is 1020 g/mol. The summed E-state index contributed by atoms with van der Waals surface area (Å²) in [4.78, 5) is 155. The van der Waals surface area contributed by atoms with Crippen LogP contribution in [0.2, 0.25) is 0 Å². The number of rotatable bonds is 31. The number of carbonyl (C=O) groups is 12. The van der Waals surface area contributed by atoms with Gasteiger partial charge in [-0.3, -0.25) is 52.7 Å². The van der Waals surface area contributed by atoms with Crippen molar-refractivity contribution < 1.29 is 78.0 Å². The van der Waals surface area contributed by atoms with Crippen LogP contribution < -0.4 is 53.6 Å². The van der Waals surface area contributed by atoms with Gasteiger partial charge in [-0.2, -0.15) is 0 Å². The lowest BCUT2D eigenvalue weighted by molar-refractivity contribution is -0.144. The van der Waals surface area contributed by atoms with Gasteiger partial charge in [-0.25, -0.2) is 4.79 Å². The highest BCUT2D eigenvalue weighted by Crippen LogP contribution is 2.15. The number of aromatic hydroxyl groups is 1. The number of carbonyl (C=O) groups excluding carboxylic acids is 10. The summed E-state index contributed by atoms with van der Waals surface area (Å²) in [5.74, 6) is -14.2. The van der Waals surface area contributed by atoms with Crippen molar-refractivity contribution in [1.29, 1.82) is 0 Å². The Balaban J connectivity index is 3.20. The Bertz CT molecular complexity index is 2100. The molecule has 0 bridgehead atoms. The number of amides is 10. The molecule has 0 heterocycles. The first-order valence-corrected chi connectivity index (χ1v) is 23.4. The average Bonchev–Trinajstić information content (AvgIpc) is 3.28. The number of aliphatic hydroxyl groups is 1. The minimum absolute atomic E-state index is 0.0111. The molecule has 15 N–H and O–H groups in total. The van der Waals surface area contributed by atoms with E-state index in [1.165, 1.54) is 32.9 Å². The second kappa shape index (κ2) is 30.4. The fourth-order valence-electron chi connectivity index (χ4n) is 6.84. The van der Waals surface area contributed by atoms with Gasteiger partial charge in [0.05, 0.1) is 25.5 Å². The van der Waals surface area contributed by atoms with Gasteiger partial charge in [-0.05, 0) is 55.7 Å². The van der Waals surface area contributed by atoms with E-state index in [0.717, 1.165) is 0 Å². The van der Waals surface area contributed by atoms with E-state index in [4.69, 9.17) is 5.73 Å². The first-order chi connectivity index (χ1) is 33.5. The highest BCUT2D eigenvalue weighted by Gasteiger charge is 2.38. The fourth-order valence-corrected chi connectivity index (χ4v) is 6.84. The number of benzene rings is 1. The van der Waals surface area contributed by atoms with Crippen molar-refractivity contribution in [2.75, 3.05) is 6.54 Å². The van der Waals surface area contributed by atoms with Crippen LogP contribution in [0.3, 0.4) is 0 Å². The van der Waals surface area contributed by atoms with Crippen LogP contribution in [0.15, 0.2) is 24.3 Å². The third-order valence-electron chi connectivity index (χ3n) is 11.3. The summed E-state index contributed by atoms with van der Waals surface area (Å²) in [6.07, 6.45) is -2.99. The fraction of sp³-hybridized carbons (Fsp3) is 0.609. The molecule has 0 saturated carbocycles. The molecule has 26 nitrogen and oxygen atoms in total. The Morgan fingerprint density at radius 3 is 1.46 bits per heavy atom. The number of phenols is 1. The lowest BCUT2D eigenvalue weighted by atomic mass is 9.94. The predicted molar refractivity (Wildman–Crippen MR) is 255 cm³/mol. The molecule has 0 radical (unpaired) electrons. The van der Waals surface area contributed by atoms with E-state index < -0.39 is 157 Å². The highest BCUT2D eigenvalue weighted by molar-refractivity contribution is 5.99. The van der Waals surface area contributed by atoms with Gasteiger partial charge in [0.2, 0.25) is 59.1 Å². The van der Waals surface area contributed by atoms with Gasteiger partial charge < -0.3 is 74.0 Å². The normalized spacial score (nSPS) is 15.6. The van der Waals surface area contributed by atoms with E-state index in [0.29, 0.717) is 5.56 Å². The number of hydrogen-bond donors (Lipinski definition) is 14. The molecule has 0 aromatic heterocycles. The van der Waals surface area contributed by atoms with Gasteiger partial charge in [-0.1, -0.05) is 66.5 Å². The lowest BCUT2D eigenvalue weighted by Gasteiger charge is -2.31. The number of primary amides is 1. The minimum Gasteiger partial charge on any atom is -0.508 e. The van der Waals surface area contributed by atoms with Crippen molar-refractivity contribution in [2.24, 2.45) is 23.5 Å². The van der Waals surface area contributed by atoms with Crippen LogP contribution in [0.1, 0.15) is 100.0 Å². The molecule has 1 aromatic rings. The summed E-state index contributed by atoms with van der Waals surface area (Å²) in [5, 5.41) is 60.4. The molecule has 72 heavy (non-hydrogen) atoms. The van der Waals surface area contributed by atoms with E-state index in [1.807, 2.05) is 0 Å². The molecular weight excluding hydrogens is 949 g/mol. The maximum atomic E-state index is 14.0. The van der Waals surface area contributed by atoms with Gasteiger partial charge in [0.15, 0.2) is 0 Å². The second-order valence-corrected chi connectivity index (χ2v) is 18.0. The maximum absolute atomic E-state index is 14.0. The van der Waals surface area contributed by atoms with Crippen molar-refractivity contribution in [3.05, 3.63) is 29.8 Å². The first-order valence-electron chi connectivity index (χ1n) is 23.4. The van der Waals surface area contributed by atoms with Crippen LogP contribution in [0.5, 0.6) is 5.75 Å². The van der Waals surface area contributed by atoms with Crippen LogP contribution in [0.25, 0.3) is 0 Å². The lowest BCUT2D eigenvalue weighted by Crippen LogP contribution is -2.62. The Labute approximate surface area is 416 Å². The largest absolute Gasteiger partial charge is 0.508 e. The third kappa shape index (κ3) is 22.1. The summed E-state index contributed by atoms with van der Waals surface area (Å²) in [6.45, 7) is 12.8. The predicted octanol–water partition coefficient (Wildman–Crippen LogP) is -3.08. The van der Waals surface area contributed by atoms with Gasteiger partial charge in [0, 0.05) is 13.3 Å². The van der Waals surface area contributed by atoms with Crippen LogP contribution >= 0.6 is 0 Å². The number of aliphatic hydroxyl groups excluding tert-OH is 1. The van der Waals surface area contributed by atoms with E-state index in [-0.39, 0.29) is 37.4 Å². The summed E-state index contributed by atoms with van der Waals surface area (Å²) < 4.78 is 0. The van der Waals surface area contributed by atoms with Gasteiger partial charge >= 0.3 is 11.9 Å². The smallest absolute Gasteiger partial charge is 0.326 e. The van der Waals surface area contributed by atoms with Crippen molar-refractivity contribution in [1.82, 2.24) is 47.9 Å². The number of nitrogens with two attached hydrogens (primary N) is 1. The van der Waals surface area contributed by atoms with Gasteiger partial charge in [0.1, 0.15) is 54.1 Å². The topological polar surface area (TPSA) is 420 Å². The SMILES string of the molecule is CC[C@H](C)[C@H](NC(=O)[C@@H](NC(=O)CNC(=O)[C@H](C)NC(=O)[C@H](Cc1ccc(O)cc1)NC(C)=O)[C@@H](C)O)C(=O)N[C@H](C(=O)N[C@@H](CC(N)=O)C(=O)N[C@@H](CC(=O)O)C(=O)N[C@@H](CC(C)C)C(=O)O)[C@@H](C)CC. The molecule has 1 aromatic carbocycles. The number of carboxylic acid groups (broad SMARTS) is 2. The zero-order chi connectivity index (χ0) is 55.2. The number of aliphatic carboxylic acids is 2. The Morgan fingerprint density at radius 1 is 0.556 bits per heavy atom. The van der Waals surface area contributed by atoms with E-state index >= 15 is 0 Å². The van der Waals surface area contributed by atoms with Crippen LogP contribution in [0, 0.1) is 17.8 Å². The van der Waals surface area contributed by atoms with Crippen LogP contribution in [-0.2, 0) is 64.0 Å². The zero-order valence-electron chi connectivity index (χ0n) is 42.0. The molecule has 0 aliphatic heterocycles. The molecule has 0 aliphatic carbocycles. The summed E-state index contributed by atoms with van der Waals surface area (Å²) in [7, 11) is 0. The standard InChI is InChI=1S/C46H72N10O16/c1-10-22(5)36(43(68)52-30(18-33(47)60)41(66)51-31(19-35(62)63)42(67)53-32(46(71)72)16-21(3)4)55-44(69)37(23(6)11-2)56-45(70)38(25(8)57)54-34(61)20-48-39(64)24(7)49-40(65)29(50-26(9)58)17-27-12-14-28(59)15-13-27/h12-15,21-25,29-32,36-38,57,59H,10-11,16-20H2,1-9H3,(H2,47,60)(H,48,64)(H,49,65)(H,50,58)(H,51,66)(H,52,68)(H,53,67)(H,54,61)(H,55,69)(H,56,70)(H,62,63)(H,71,72)/t22-,23-,24-,25+,29-,30-,31-,32-,36-,37-,38-/m0/s1. The molecule has 11 atom stereocenters. The molecule has 0 fully saturated rings. The Kier molecular flexibility index (Phi) is 26.4. The molecule has 26 heteroatoms.